The Bertz CT molecular complexity index is 1010. The molecule has 0 radical (unpaired) electrons. The van der Waals surface area contributed by atoms with E-state index in [4.69, 9.17) is 16.7 Å². The van der Waals surface area contributed by atoms with Crippen molar-refractivity contribution in [1.82, 2.24) is 0 Å². The third-order valence-electron chi connectivity index (χ3n) is 3.50. The van der Waals surface area contributed by atoms with Gasteiger partial charge in [0.1, 0.15) is 0 Å². The van der Waals surface area contributed by atoms with Crippen molar-refractivity contribution in [2.45, 2.75) is 9.79 Å². The summed E-state index contributed by atoms with van der Waals surface area (Å²) in [7, 11) is -3.71. The van der Waals surface area contributed by atoms with Gasteiger partial charge in [0.15, 0.2) is 0 Å². The van der Waals surface area contributed by atoms with Crippen LogP contribution in [-0.2, 0) is 9.84 Å². The molecule has 23 heavy (non-hydrogen) atoms. The van der Waals surface area contributed by atoms with Gasteiger partial charge in [-0.2, -0.15) is 0 Å². The minimum atomic E-state index is -3.71. The second kappa shape index (κ2) is 5.68. The Kier molecular flexibility index (Phi) is 3.83. The fraction of sp³-hybridized carbons (Fsp3) is 0. The number of sulfone groups is 1. The normalized spacial score (nSPS) is 11.5. The van der Waals surface area contributed by atoms with Gasteiger partial charge in [0.2, 0.25) is 9.84 Å². The Morgan fingerprint density at radius 1 is 0.826 bits per heavy atom. The molecule has 0 atom stereocenters. The molecule has 0 amide bonds. The molecule has 3 rings (SSSR count). The lowest BCUT2D eigenvalue weighted by Crippen LogP contribution is -2.03. The van der Waals surface area contributed by atoms with E-state index in [0.29, 0.717) is 5.02 Å². The molecule has 1 N–H and O–H groups in total. The van der Waals surface area contributed by atoms with E-state index in [1.807, 2.05) is 0 Å². The topological polar surface area (TPSA) is 71.4 Å². The van der Waals surface area contributed by atoms with Gasteiger partial charge in [0, 0.05) is 5.02 Å². The van der Waals surface area contributed by atoms with Gasteiger partial charge in [0.05, 0.1) is 15.4 Å². The molecular weight excluding hydrogens is 336 g/mol. The summed E-state index contributed by atoms with van der Waals surface area (Å²) in [5.74, 6) is -1.10. The molecule has 0 spiro atoms. The standard InChI is InChI=1S/C17H11ClO4S/c18-14-5-1-13-10-16(8-4-12(13)9-14)23(21,22)15-6-2-11(3-7-15)17(19)20/h1-10H,(H,19,20). The van der Waals surface area contributed by atoms with Crippen LogP contribution in [0.15, 0.2) is 70.5 Å². The van der Waals surface area contributed by atoms with E-state index in [2.05, 4.69) is 0 Å². The first kappa shape index (κ1) is 15.5. The van der Waals surface area contributed by atoms with Crippen molar-refractivity contribution >= 4 is 38.2 Å². The summed E-state index contributed by atoms with van der Waals surface area (Å²) >= 11 is 5.92. The van der Waals surface area contributed by atoms with E-state index >= 15 is 0 Å². The van der Waals surface area contributed by atoms with Gasteiger partial charge >= 0.3 is 5.97 Å². The Morgan fingerprint density at radius 2 is 1.39 bits per heavy atom. The number of fused-ring (bicyclic) bond motifs is 1. The van der Waals surface area contributed by atoms with Crippen LogP contribution in [0.25, 0.3) is 10.8 Å². The minimum absolute atomic E-state index is 0.0390. The zero-order valence-electron chi connectivity index (χ0n) is 11.7. The van der Waals surface area contributed by atoms with E-state index in [1.165, 1.54) is 30.3 Å². The summed E-state index contributed by atoms with van der Waals surface area (Å²) < 4.78 is 25.3. The first-order valence-electron chi connectivity index (χ1n) is 6.66. The van der Waals surface area contributed by atoms with Crippen LogP contribution < -0.4 is 0 Å². The summed E-state index contributed by atoms with van der Waals surface area (Å²) in [6.07, 6.45) is 0. The molecule has 116 valence electrons. The van der Waals surface area contributed by atoms with Crippen LogP contribution >= 0.6 is 11.6 Å². The number of halogens is 1. The van der Waals surface area contributed by atoms with Crippen LogP contribution in [0.3, 0.4) is 0 Å². The predicted molar refractivity (Wildman–Crippen MR) is 87.8 cm³/mol. The lowest BCUT2D eigenvalue weighted by Gasteiger charge is -2.07. The zero-order valence-corrected chi connectivity index (χ0v) is 13.3. The maximum absolute atomic E-state index is 12.7. The Hall–Kier alpha value is -2.37. The fourth-order valence-electron chi connectivity index (χ4n) is 2.27. The highest BCUT2D eigenvalue weighted by Crippen LogP contribution is 2.26. The smallest absolute Gasteiger partial charge is 0.335 e. The zero-order chi connectivity index (χ0) is 16.6. The monoisotopic (exact) mass is 346 g/mol. The third-order valence-corrected chi connectivity index (χ3v) is 5.50. The van der Waals surface area contributed by atoms with Gasteiger partial charge in [0.25, 0.3) is 0 Å². The summed E-state index contributed by atoms with van der Waals surface area (Å²) in [5, 5.41) is 11.1. The second-order valence-electron chi connectivity index (χ2n) is 4.99. The van der Waals surface area contributed by atoms with Gasteiger partial charge in [-0.15, -0.1) is 0 Å². The molecule has 0 unspecified atom stereocenters. The van der Waals surface area contributed by atoms with Crippen molar-refractivity contribution in [1.29, 1.82) is 0 Å². The van der Waals surface area contributed by atoms with Crippen molar-refractivity contribution in [2.24, 2.45) is 0 Å². The molecule has 0 heterocycles. The molecular formula is C17H11ClO4S. The number of aromatic carboxylic acids is 1. The van der Waals surface area contributed by atoms with Crippen molar-refractivity contribution < 1.29 is 18.3 Å². The Labute approximate surface area is 137 Å². The van der Waals surface area contributed by atoms with Gasteiger partial charge in [-0.3, -0.25) is 0 Å². The van der Waals surface area contributed by atoms with Crippen LogP contribution in [0.1, 0.15) is 10.4 Å². The number of rotatable bonds is 3. The number of hydrogen-bond acceptors (Lipinski definition) is 3. The highest BCUT2D eigenvalue weighted by Gasteiger charge is 2.18. The first-order valence-corrected chi connectivity index (χ1v) is 8.52. The largest absolute Gasteiger partial charge is 0.478 e. The van der Waals surface area contributed by atoms with Crippen LogP contribution in [0.5, 0.6) is 0 Å². The number of carboxylic acid groups (broad SMARTS) is 1. The SMILES string of the molecule is O=C(O)c1ccc(S(=O)(=O)c2ccc3cc(Cl)ccc3c2)cc1. The molecule has 0 saturated carbocycles. The summed E-state index contributed by atoms with van der Waals surface area (Å²) in [6.45, 7) is 0. The molecule has 0 bridgehead atoms. The molecule has 0 aliphatic rings. The van der Waals surface area contributed by atoms with Crippen LogP contribution in [-0.4, -0.2) is 19.5 Å². The fourth-order valence-corrected chi connectivity index (χ4v) is 3.75. The number of carbonyl (C=O) groups is 1. The molecule has 4 nitrogen and oxygen atoms in total. The lowest BCUT2D eigenvalue weighted by molar-refractivity contribution is 0.0696. The molecule has 3 aromatic carbocycles. The van der Waals surface area contributed by atoms with Crippen LogP contribution in [0.4, 0.5) is 0 Å². The molecule has 3 aromatic rings. The Morgan fingerprint density at radius 3 is 2.04 bits per heavy atom. The van der Waals surface area contributed by atoms with E-state index in [9.17, 15) is 13.2 Å². The maximum Gasteiger partial charge on any atom is 0.335 e. The summed E-state index contributed by atoms with van der Waals surface area (Å²) in [4.78, 5) is 11.0. The number of hydrogen-bond donors (Lipinski definition) is 1. The molecule has 0 fully saturated rings. The van der Waals surface area contributed by atoms with Crippen LogP contribution in [0, 0.1) is 0 Å². The van der Waals surface area contributed by atoms with Gasteiger partial charge in [-0.25, -0.2) is 13.2 Å². The molecule has 0 saturated heterocycles. The first-order chi connectivity index (χ1) is 10.9. The van der Waals surface area contributed by atoms with E-state index in [0.717, 1.165) is 10.8 Å². The highest BCUT2D eigenvalue weighted by molar-refractivity contribution is 7.91. The van der Waals surface area contributed by atoms with E-state index in [-0.39, 0.29) is 15.4 Å². The average molecular weight is 347 g/mol. The summed E-state index contributed by atoms with van der Waals surface area (Å²) in [6, 6.07) is 15.1. The number of carboxylic acids is 1. The van der Waals surface area contributed by atoms with Gasteiger partial charge < -0.3 is 5.11 Å². The van der Waals surface area contributed by atoms with Gasteiger partial charge in [-0.1, -0.05) is 23.7 Å². The quantitative estimate of drug-likeness (QED) is 0.777. The highest BCUT2D eigenvalue weighted by atomic mass is 35.5. The Balaban J connectivity index is 2.08. The average Bonchev–Trinajstić information content (AvgIpc) is 2.54. The van der Waals surface area contributed by atoms with Crippen molar-refractivity contribution in [2.75, 3.05) is 0 Å². The molecule has 0 aliphatic carbocycles. The lowest BCUT2D eigenvalue weighted by atomic mass is 10.1. The van der Waals surface area contributed by atoms with Crippen molar-refractivity contribution in [3.8, 4) is 0 Å². The molecule has 6 heteroatoms. The van der Waals surface area contributed by atoms with E-state index in [1.54, 1.807) is 30.3 Å². The third kappa shape index (κ3) is 2.93. The molecule has 0 aromatic heterocycles. The van der Waals surface area contributed by atoms with Crippen molar-refractivity contribution in [3.63, 3.8) is 0 Å². The van der Waals surface area contributed by atoms with Crippen LogP contribution in [0.2, 0.25) is 5.02 Å². The van der Waals surface area contributed by atoms with Gasteiger partial charge in [-0.05, 0) is 59.3 Å². The maximum atomic E-state index is 12.7. The minimum Gasteiger partial charge on any atom is -0.478 e. The predicted octanol–water partition coefficient (Wildman–Crippen LogP) is 4.02. The molecule has 0 aliphatic heterocycles. The summed E-state index contributed by atoms with van der Waals surface area (Å²) in [5.41, 5.74) is 0.0390. The van der Waals surface area contributed by atoms with Crippen molar-refractivity contribution in [3.05, 3.63) is 71.2 Å². The van der Waals surface area contributed by atoms with E-state index < -0.39 is 15.8 Å². The number of benzene rings is 3. The second-order valence-corrected chi connectivity index (χ2v) is 7.37.